The second-order valence-corrected chi connectivity index (χ2v) is 5.40. The number of nitro benzene ring substituents is 2. The first-order valence-electron chi connectivity index (χ1n) is 7.23. The van der Waals surface area contributed by atoms with E-state index in [9.17, 15) is 20.2 Å². The van der Waals surface area contributed by atoms with Gasteiger partial charge in [0.15, 0.2) is 0 Å². The maximum Gasteiger partial charge on any atom is 0.280 e. The Kier molecular flexibility index (Phi) is 5.21. The van der Waals surface area contributed by atoms with Crippen LogP contribution in [-0.4, -0.2) is 15.9 Å². The van der Waals surface area contributed by atoms with Gasteiger partial charge in [-0.15, -0.1) is 0 Å². The molecule has 0 radical (unpaired) electrons. The molecule has 0 aliphatic heterocycles. The lowest BCUT2D eigenvalue weighted by molar-refractivity contribution is -0.394. The van der Waals surface area contributed by atoms with Crippen LogP contribution in [0.5, 0.6) is 0 Å². The summed E-state index contributed by atoms with van der Waals surface area (Å²) in [6.45, 7) is 0.374. The van der Waals surface area contributed by atoms with Crippen molar-refractivity contribution in [3.05, 3.63) is 44.0 Å². The highest BCUT2D eigenvalue weighted by Crippen LogP contribution is 2.25. The fourth-order valence-corrected chi connectivity index (χ4v) is 2.72. The third-order valence-corrected chi connectivity index (χ3v) is 3.91. The zero-order valence-corrected chi connectivity index (χ0v) is 11.8. The van der Waals surface area contributed by atoms with Crippen molar-refractivity contribution in [1.82, 2.24) is 5.32 Å². The molecular weight excluding hydrogens is 274 g/mol. The Morgan fingerprint density at radius 3 is 2.29 bits per heavy atom. The highest BCUT2D eigenvalue weighted by atomic mass is 16.6. The molecule has 2 rings (SSSR count). The SMILES string of the molecule is O=[N+]([O-])c1ccc(CNC2CCCCCC2)c([N+](=O)[O-])c1. The Hall–Kier alpha value is -2.02. The summed E-state index contributed by atoms with van der Waals surface area (Å²) in [6.07, 6.45) is 7.02. The van der Waals surface area contributed by atoms with Crippen LogP contribution in [0.3, 0.4) is 0 Å². The van der Waals surface area contributed by atoms with Crippen molar-refractivity contribution in [3.8, 4) is 0 Å². The van der Waals surface area contributed by atoms with Gasteiger partial charge in [-0.3, -0.25) is 20.2 Å². The molecule has 1 aromatic carbocycles. The van der Waals surface area contributed by atoms with Crippen molar-refractivity contribution in [2.45, 2.75) is 51.1 Å². The molecule has 0 atom stereocenters. The van der Waals surface area contributed by atoms with Gasteiger partial charge in [-0.05, 0) is 18.9 Å². The Labute approximate surface area is 122 Å². The van der Waals surface area contributed by atoms with Crippen molar-refractivity contribution >= 4 is 11.4 Å². The molecule has 7 heteroatoms. The number of hydrogen-bond donors (Lipinski definition) is 1. The highest BCUT2D eigenvalue weighted by Gasteiger charge is 2.20. The molecule has 21 heavy (non-hydrogen) atoms. The molecule has 1 aromatic rings. The number of nitrogens with one attached hydrogen (secondary N) is 1. The van der Waals surface area contributed by atoms with Gasteiger partial charge >= 0.3 is 0 Å². The van der Waals surface area contributed by atoms with Gasteiger partial charge in [-0.1, -0.05) is 25.7 Å². The molecule has 0 aromatic heterocycles. The van der Waals surface area contributed by atoms with Crippen LogP contribution in [-0.2, 0) is 6.54 Å². The van der Waals surface area contributed by atoms with Gasteiger partial charge in [0.1, 0.15) is 0 Å². The molecule has 0 heterocycles. The third kappa shape index (κ3) is 4.22. The van der Waals surface area contributed by atoms with Gasteiger partial charge in [0.2, 0.25) is 0 Å². The van der Waals surface area contributed by atoms with Crippen LogP contribution in [0.1, 0.15) is 44.1 Å². The lowest BCUT2D eigenvalue weighted by Gasteiger charge is -2.16. The van der Waals surface area contributed by atoms with E-state index in [1.54, 1.807) is 0 Å². The largest absolute Gasteiger partial charge is 0.310 e. The van der Waals surface area contributed by atoms with Gasteiger partial charge in [-0.2, -0.15) is 0 Å². The average Bonchev–Trinajstić information content (AvgIpc) is 2.73. The number of hydrogen-bond acceptors (Lipinski definition) is 5. The molecule has 0 bridgehead atoms. The minimum atomic E-state index is -0.616. The Bertz CT molecular complexity index is 525. The molecule has 1 aliphatic carbocycles. The van der Waals surface area contributed by atoms with Crippen molar-refractivity contribution in [2.24, 2.45) is 0 Å². The van der Waals surface area contributed by atoms with Crippen molar-refractivity contribution < 1.29 is 9.85 Å². The summed E-state index contributed by atoms with van der Waals surface area (Å²) in [4.78, 5) is 20.6. The minimum absolute atomic E-state index is 0.190. The van der Waals surface area contributed by atoms with Crippen LogP contribution in [0.25, 0.3) is 0 Å². The molecule has 1 saturated carbocycles. The number of nitro groups is 2. The Balaban J connectivity index is 2.08. The molecule has 114 valence electrons. The van der Waals surface area contributed by atoms with E-state index >= 15 is 0 Å². The van der Waals surface area contributed by atoms with Crippen LogP contribution < -0.4 is 5.32 Å². The standard InChI is InChI=1S/C14H19N3O4/c18-16(19)13-8-7-11(14(9-13)17(20)21)10-15-12-5-3-1-2-4-6-12/h7-9,12,15H,1-6,10H2. The topological polar surface area (TPSA) is 98.3 Å². The summed E-state index contributed by atoms with van der Waals surface area (Å²) in [6, 6.07) is 4.20. The van der Waals surface area contributed by atoms with Crippen LogP contribution in [0.2, 0.25) is 0 Å². The van der Waals surface area contributed by atoms with E-state index in [1.807, 2.05) is 0 Å². The predicted octanol–water partition coefficient (Wildman–Crippen LogP) is 3.32. The normalized spacial score (nSPS) is 16.4. The number of nitrogens with zero attached hydrogens (tertiary/aromatic N) is 2. The first-order chi connectivity index (χ1) is 10.1. The second-order valence-electron chi connectivity index (χ2n) is 5.40. The molecule has 1 fully saturated rings. The maximum absolute atomic E-state index is 11.1. The fourth-order valence-electron chi connectivity index (χ4n) is 2.72. The average molecular weight is 293 g/mol. The van der Waals surface area contributed by atoms with E-state index in [2.05, 4.69) is 5.32 Å². The summed E-state index contributed by atoms with van der Waals surface area (Å²) >= 11 is 0. The van der Waals surface area contributed by atoms with Gasteiger partial charge in [0.25, 0.3) is 11.4 Å². The van der Waals surface area contributed by atoms with E-state index in [4.69, 9.17) is 0 Å². The molecule has 1 aliphatic rings. The molecular formula is C14H19N3O4. The first kappa shape index (κ1) is 15.4. The Morgan fingerprint density at radius 2 is 1.71 bits per heavy atom. The van der Waals surface area contributed by atoms with Crippen LogP contribution in [0, 0.1) is 20.2 Å². The summed E-state index contributed by atoms with van der Waals surface area (Å²) < 4.78 is 0. The van der Waals surface area contributed by atoms with Gasteiger partial charge in [0.05, 0.1) is 15.9 Å². The highest BCUT2D eigenvalue weighted by molar-refractivity contribution is 5.49. The number of non-ortho nitro benzene ring substituents is 1. The van der Waals surface area contributed by atoms with Crippen LogP contribution in [0.4, 0.5) is 11.4 Å². The second kappa shape index (κ2) is 7.12. The monoisotopic (exact) mass is 293 g/mol. The van der Waals surface area contributed by atoms with Crippen LogP contribution in [0.15, 0.2) is 18.2 Å². The molecule has 1 N–H and O–H groups in total. The summed E-state index contributed by atoms with van der Waals surface area (Å²) in [5, 5.41) is 25.1. The number of rotatable bonds is 5. The first-order valence-corrected chi connectivity index (χ1v) is 7.23. The van der Waals surface area contributed by atoms with Crippen molar-refractivity contribution in [1.29, 1.82) is 0 Å². The van der Waals surface area contributed by atoms with Crippen molar-refractivity contribution in [2.75, 3.05) is 0 Å². The molecule has 0 amide bonds. The van der Waals surface area contributed by atoms with E-state index < -0.39 is 9.85 Å². The predicted molar refractivity (Wildman–Crippen MR) is 78.1 cm³/mol. The molecule has 0 spiro atoms. The quantitative estimate of drug-likeness (QED) is 0.510. The minimum Gasteiger partial charge on any atom is -0.310 e. The lowest BCUT2D eigenvalue weighted by atomic mass is 10.1. The summed E-state index contributed by atoms with van der Waals surface area (Å²) in [5.41, 5.74) is 0.0556. The van der Waals surface area contributed by atoms with Gasteiger partial charge in [-0.25, -0.2) is 0 Å². The van der Waals surface area contributed by atoms with Gasteiger partial charge < -0.3 is 5.32 Å². The zero-order chi connectivity index (χ0) is 15.2. The Morgan fingerprint density at radius 1 is 1.05 bits per heavy atom. The summed E-state index contributed by atoms with van der Waals surface area (Å²) in [7, 11) is 0. The third-order valence-electron chi connectivity index (χ3n) is 3.91. The lowest BCUT2D eigenvalue weighted by Crippen LogP contribution is -2.28. The van der Waals surface area contributed by atoms with Gasteiger partial charge in [0, 0.05) is 24.2 Å². The number of benzene rings is 1. The summed E-state index contributed by atoms with van der Waals surface area (Å²) in [5.74, 6) is 0. The molecule has 0 unspecified atom stereocenters. The van der Waals surface area contributed by atoms with Crippen LogP contribution >= 0.6 is 0 Å². The zero-order valence-electron chi connectivity index (χ0n) is 11.8. The fraction of sp³-hybridized carbons (Fsp3) is 0.571. The van der Waals surface area contributed by atoms with E-state index in [1.165, 1.54) is 37.8 Å². The molecule has 0 saturated heterocycles. The van der Waals surface area contributed by atoms with E-state index in [-0.39, 0.29) is 11.4 Å². The van der Waals surface area contributed by atoms with E-state index in [0.717, 1.165) is 18.9 Å². The van der Waals surface area contributed by atoms with E-state index in [0.29, 0.717) is 18.2 Å². The maximum atomic E-state index is 11.1. The smallest absolute Gasteiger partial charge is 0.280 e. The molecule has 7 nitrogen and oxygen atoms in total. The van der Waals surface area contributed by atoms with Crippen molar-refractivity contribution in [3.63, 3.8) is 0 Å².